The first kappa shape index (κ1) is 18.9. The summed E-state index contributed by atoms with van der Waals surface area (Å²) in [6, 6.07) is 27.1. The van der Waals surface area contributed by atoms with Gasteiger partial charge in [0.05, 0.1) is 0 Å². The van der Waals surface area contributed by atoms with Crippen LogP contribution in [-0.2, 0) is 30.7 Å². The Balaban J connectivity index is 0.000000325. The fourth-order valence-corrected chi connectivity index (χ4v) is 2.50. The minimum absolute atomic E-state index is 0. The van der Waals surface area contributed by atoms with E-state index in [0.29, 0.717) is 0 Å². The molecule has 0 bridgehead atoms. The molecule has 126 valence electrons. The molecule has 25 heavy (non-hydrogen) atoms. The summed E-state index contributed by atoms with van der Waals surface area (Å²) in [7, 11) is 2.03. The van der Waals surface area contributed by atoms with Crippen molar-refractivity contribution in [2.24, 2.45) is 7.05 Å². The molecule has 2 nitrogen and oxygen atoms in total. The van der Waals surface area contributed by atoms with Gasteiger partial charge in [-0.3, -0.25) is 0 Å². The molecule has 0 aliphatic rings. The van der Waals surface area contributed by atoms with Crippen molar-refractivity contribution in [3.05, 3.63) is 109 Å². The molecule has 0 unspecified atom stereocenters. The van der Waals surface area contributed by atoms with Gasteiger partial charge >= 0.3 is 17.1 Å². The van der Waals surface area contributed by atoms with E-state index in [1.807, 2.05) is 41.9 Å². The van der Waals surface area contributed by atoms with Gasteiger partial charge in [0.1, 0.15) is 7.05 Å². The van der Waals surface area contributed by atoms with Gasteiger partial charge < -0.3 is 0 Å². The predicted molar refractivity (Wildman–Crippen MR) is 96.4 cm³/mol. The van der Waals surface area contributed by atoms with E-state index >= 15 is 0 Å². The summed E-state index contributed by atoms with van der Waals surface area (Å²) in [5.41, 5.74) is 3.84. The first-order chi connectivity index (χ1) is 11.8. The third-order valence-electron chi connectivity index (χ3n) is 3.86. The summed E-state index contributed by atoms with van der Waals surface area (Å²) in [5, 5.41) is 0. The zero-order chi connectivity index (χ0) is 16.6. The fraction of sp³-hybridized carbons (Fsp3) is 0.0909. The fourth-order valence-electron chi connectivity index (χ4n) is 2.50. The maximum atomic E-state index is 2.20. The second kappa shape index (κ2) is 9.73. The third-order valence-corrected chi connectivity index (χ3v) is 3.86. The molecule has 0 saturated heterocycles. The number of aryl methyl sites for hydroxylation is 1. The van der Waals surface area contributed by atoms with E-state index in [4.69, 9.17) is 0 Å². The zero-order valence-electron chi connectivity index (χ0n) is 14.3. The molecule has 2 heterocycles. The van der Waals surface area contributed by atoms with Crippen molar-refractivity contribution < 1.29 is 26.2 Å². The standard InChI is InChI=1S/C17H17N2.C5H5.Fe/c1-18-10-6-16(7-11-18)17-8-12-19(13-9-17)14-15-4-2-3-5-15;1-2-4-5-3-1;/h2-13H,14H2,1H3;1-5H;/q+1;-1;+2. The Morgan fingerprint density at radius 3 is 1.84 bits per heavy atom. The van der Waals surface area contributed by atoms with E-state index in [2.05, 4.69) is 77.9 Å². The van der Waals surface area contributed by atoms with Crippen LogP contribution >= 0.6 is 0 Å². The summed E-state index contributed by atoms with van der Waals surface area (Å²) in [6.45, 7) is 0.928. The second-order valence-corrected chi connectivity index (χ2v) is 5.77. The van der Waals surface area contributed by atoms with Crippen LogP contribution in [0.5, 0.6) is 0 Å². The maximum absolute atomic E-state index is 2.20. The summed E-state index contributed by atoms with van der Waals surface area (Å²) in [5.74, 6) is 0. The minimum Gasteiger partial charge on any atom is -0.214 e. The third kappa shape index (κ3) is 5.82. The molecule has 0 N–H and O–H groups in total. The Morgan fingerprint density at radius 2 is 1.36 bits per heavy atom. The van der Waals surface area contributed by atoms with E-state index in [1.165, 1.54) is 16.7 Å². The summed E-state index contributed by atoms with van der Waals surface area (Å²) in [6.07, 6.45) is 8.41. The number of rotatable bonds is 3. The number of aromatic nitrogens is 2. The van der Waals surface area contributed by atoms with Gasteiger partial charge in [-0.2, -0.15) is 30.3 Å². The van der Waals surface area contributed by atoms with Crippen molar-refractivity contribution >= 4 is 0 Å². The van der Waals surface area contributed by atoms with Gasteiger partial charge in [-0.1, -0.05) is 0 Å². The van der Waals surface area contributed by atoms with E-state index in [-0.39, 0.29) is 17.1 Å². The van der Waals surface area contributed by atoms with Gasteiger partial charge in [0.25, 0.3) is 0 Å². The SMILES string of the molecule is C[n+]1ccc(-c2cc[n+](Cc3ccc[cH-]3)cc2)cc1.[Fe+2].c1cc[cH-]c1. The molecular weight excluding hydrogens is 348 g/mol. The topological polar surface area (TPSA) is 7.76 Å². The molecule has 0 atom stereocenters. The Morgan fingerprint density at radius 1 is 0.760 bits per heavy atom. The van der Waals surface area contributed by atoms with E-state index in [1.54, 1.807) is 0 Å². The normalized spacial score (nSPS) is 9.64. The molecule has 0 aliphatic heterocycles. The largest absolute Gasteiger partial charge is 2.00 e. The first-order valence-electron chi connectivity index (χ1n) is 8.13. The van der Waals surface area contributed by atoms with Gasteiger partial charge in [-0.05, 0) is 11.1 Å². The molecule has 4 aromatic rings. The molecule has 2 aromatic heterocycles. The molecule has 0 saturated carbocycles. The number of hydrogen-bond donors (Lipinski definition) is 0. The van der Waals surface area contributed by atoms with Crippen LogP contribution in [0, 0.1) is 0 Å². The van der Waals surface area contributed by atoms with Crippen molar-refractivity contribution in [1.82, 2.24) is 0 Å². The van der Waals surface area contributed by atoms with Gasteiger partial charge in [0, 0.05) is 24.3 Å². The number of pyridine rings is 2. The van der Waals surface area contributed by atoms with Crippen molar-refractivity contribution in [3.8, 4) is 11.1 Å². The first-order valence-corrected chi connectivity index (χ1v) is 8.13. The van der Waals surface area contributed by atoms with E-state index in [9.17, 15) is 0 Å². The average Bonchev–Trinajstić information content (AvgIpc) is 3.33. The van der Waals surface area contributed by atoms with Gasteiger partial charge in [-0.15, -0.1) is 5.56 Å². The second-order valence-electron chi connectivity index (χ2n) is 5.77. The smallest absolute Gasteiger partial charge is 0.214 e. The minimum atomic E-state index is 0. The molecule has 0 fully saturated rings. The van der Waals surface area contributed by atoms with Crippen LogP contribution in [-0.4, -0.2) is 0 Å². The molecule has 2 aromatic carbocycles. The summed E-state index contributed by atoms with van der Waals surface area (Å²) < 4.78 is 4.24. The Hall–Kier alpha value is -2.48. The van der Waals surface area contributed by atoms with Gasteiger partial charge in [0.2, 0.25) is 0 Å². The summed E-state index contributed by atoms with van der Waals surface area (Å²) in [4.78, 5) is 0. The predicted octanol–water partition coefficient (Wildman–Crippen LogP) is 3.64. The van der Waals surface area contributed by atoms with Crippen LogP contribution in [0.15, 0.2) is 104 Å². The number of nitrogens with zero attached hydrogens (tertiary/aromatic N) is 2. The van der Waals surface area contributed by atoms with Crippen LogP contribution in [0.4, 0.5) is 0 Å². The van der Waals surface area contributed by atoms with Crippen LogP contribution in [0.2, 0.25) is 0 Å². The van der Waals surface area contributed by atoms with Crippen LogP contribution in [0.3, 0.4) is 0 Å². The Bertz CT molecular complexity index is 798. The Kier molecular flexibility index (Phi) is 7.34. The Labute approximate surface area is 160 Å². The summed E-state index contributed by atoms with van der Waals surface area (Å²) >= 11 is 0. The average molecular weight is 370 g/mol. The monoisotopic (exact) mass is 370 g/mol. The molecule has 0 spiro atoms. The molecule has 0 aliphatic carbocycles. The molecule has 4 rings (SSSR count). The van der Waals surface area contributed by atoms with Crippen molar-refractivity contribution in [2.75, 3.05) is 0 Å². The molecule has 0 amide bonds. The molecule has 0 radical (unpaired) electrons. The number of hydrogen-bond acceptors (Lipinski definition) is 0. The van der Waals surface area contributed by atoms with Gasteiger partial charge in [-0.25, -0.2) is 33.4 Å². The van der Waals surface area contributed by atoms with Crippen molar-refractivity contribution in [1.29, 1.82) is 0 Å². The van der Waals surface area contributed by atoms with Gasteiger partial charge in [0.15, 0.2) is 31.3 Å². The van der Waals surface area contributed by atoms with Crippen molar-refractivity contribution in [3.63, 3.8) is 0 Å². The van der Waals surface area contributed by atoms with Crippen molar-refractivity contribution in [2.45, 2.75) is 6.54 Å². The van der Waals surface area contributed by atoms with Crippen LogP contribution in [0.1, 0.15) is 5.56 Å². The molecular formula is C22H22FeN2+2. The van der Waals surface area contributed by atoms with Crippen LogP contribution < -0.4 is 9.13 Å². The van der Waals surface area contributed by atoms with E-state index < -0.39 is 0 Å². The molecule has 3 heteroatoms. The van der Waals surface area contributed by atoms with Crippen LogP contribution in [0.25, 0.3) is 11.1 Å². The maximum Gasteiger partial charge on any atom is 2.00 e. The quantitative estimate of drug-likeness (QED) is 0.296. The van der Waals surface area contributed by atoms with E-state index in [0.717, 1.165) is 6.54 Å². The zero-order valence-corrected chi connectivity index (χ0v) is 15.4.